The minimum absolute atomic E-state index is 0.0356. The van der Waals surface area contributed by atoms with E-state index in [2.05, 4.69) is 5.32 Å². The fraction of sp³-hybridized carbons (Fsp3) is 0.409. The van der Waals surface area contributed by atoms with Gasteiger partial charge in [-0.2, -0.15) is 0 Å². The Morgan fingerprint density at radius 3 is 2.97 bits per heavy atom. The predicted octanol–water partition coefficient (Wildman–Crippen LogP) is 3.08. The third-order valence-electron chi connectivity index (χ3n) is 4.77. The highest BCUT2D eigenvalue weighted by molar-refractivity contribution is 6.30. The second-order valence-electron chi connectivity index (χ2n) is 7.19. The zero-order valence-electron chi connectivity index (χ0n) is 16.1. The van der Waals surface area contributed by atoms with Crippen molar-refractivity contribution in [2.24, 2.45) is 0 Å². The molecule has 7 heteroatoms. The molecule has 2 atom stereocenters. The van der Waals surface area contributed by atoms with Gasteiger partial charge in [0, 0.05) is 24.5 Å². The summed E-state index contributed by atoms with van der Waals surface area (Å²) in [7, 11) is 0. The third-order valence-corrected chi connectivity index (χ3v) is 5.01. The molecule has 0 spiro atoms. The molecule has 0 radical (unpaired) electrons. The van der Waals surface area contributed by atoms with Crippen LogP contribution in [0.5, 0.6) is 11.5 Å². The summed E-state index contributed by atoms with van der Waals surface area (Å²) in [5, 5.41) is 22.7. The van der Waals surface area contributed by atoms with Crippen LogP contribution in [0, 0.1) is 0 Å². The number of nitrogens with one attached hydrogen (secondary N) is 1. The van der Waals surface area contributed by atoms with E-state index in [1.54, 1.807) is 24.3 Å². The molecule has 156 valence electrons. The van der Waals surface area contributed by atoms with Crippen LogP contribution in [0.4, 0.5) is 0 Å². The SMILES string of the molecule is O=C(O)CCc1ccc2c(c1)CC[C@H](CNC[C@H](O)COc1cccc(Cl)c1)O2. The first-order valence-corrected chi connectivity index (χ1v) is 10.1. The lowest BCUT2D eigenvalue weighted by atomic mass is 9.98. The molecule has 2 aromatic rings. The van der Waals surface area contributed by atoms with Crippen molar-refractivity contribution in [2.75, 3.05) is 19.7 Å². The Balaban J connectivity index is 1.38. The summed E-state index contributed by atoms with van der Waals surface area (Å²) >= 11 is 5.91. The number of hydrogen-bond acceptors (Lipinski definition) is 5. The lowest BCUT2D eigenvalue weighted by molar-refractivity contribution is -0.136. The molecule has 0 bridgehead atoms. The van der Waals surface area contributed by atoms with Crippen LogP contribution in [0.2, 0.25) is 5.02 Å². The van der Waals surface area contributed by atoms with Gasteiger partial charge in [0.2, 0.25) is 0 Å². The van der Waals surface area contributed by atoms with Gasteiger partial charge in [0.15, 0.2) is 0 Å². The molecule has 2 aromatic carbocycles. The summed E-state index contributed by atoms with van der Waals surface area (Å²) in [6.07, 6.45) is 1.83. The first-order valence-electron chi connectivity index (χ1n) is 9.77. The molecule has 3 N–H and O–H groups in total. The van der Waals surface area contributed by atoms with Crippen LogP contribution in [0.15, 0.2) is 42.5 Å². The number of rotatable bonds is 10. The van der Waals surface area contributed by atoms with Crippen LogP contribution < -0.4 is 14.8 Å². The van der Waals surface area contributed by atoms with Gasteiger partial charge in [0.05, 0.1) is 0 Å². The molecule has 1 heterocycles. The van der Waals surface area contributed by atoms with Crippen molar-refractivity contribution in [2.45, 2.75) is 37.9 Å². The number of halogens is 1. The highest BCUT2D eigenvalue weighted by Gasteiger charge is 2.20. The number of aliphatic carboxylic acids is 1. The van der Waals surface area contributed by atoms with Crippen molar-refractivity contribution in [3.63, 3.8) is 0 Å². The van der Waals surface area contributed by atoms with Crippen molar-refractivity contribution < 1.29 is 24.5 Å². The number of fused-ring (bicyclic) bond motifs is 1. The minimum atomic E-state index is -0.787. The maximum Gasteiger partial charge on any atom is 0.303 e. The van der Waals surface area contributed by atoms with E-state index in [1.165, 1.54) is 0 Å². The van der Waals surface area contributed by atoms with Crippen molar-refractivity contribution in [3.05, 3.63) is 58.6 Å². The summed E-state index contributed by atoms with van der Waals surface area (Å²) in [5.74, 6) is 0.698. The summed E-state index contributed by atoms with van der Waals surface area (Å²) in [5.41, 5.74) is 2.15. The third kappa shape index (κ3) is 6.92. The quantitative estimate of drug-likeness (QED) is 0.548. The van der Waals surface area contributed by atoms with E-state index in [-0.39, 0.29) is 19.1 Å². The summed E-state index contributed by atoms with van der Waals surface area (Å²) < 4.78 is 11.6. The summed E-state index contributed by atoms with van der Waals surface area (Å²) in [4.78, 5) is 10.7. The molecule has 29 heavy (non-hydrogen) atoms. The zero-order valence-corrected chi connectivity index (χ0v) is 16.9. The fourth-order valence-electron chi connectivity index (χ4n) is 3.27. The topological polar surface area (TPSA) is 88.0 Å². The van der Waals surface area contributed by atoms with Gasteiger partial charge in [0.25, 0.3) is 0 Å². The van der Waals surface area contributed by atoms with E-state index in [0.29, 0.717) is 30.3 Å². The van der Waals surface area contributed by atoms with E-state index in [0.717, 1.165) is 29.7 Å². The largest absolute Gasteiger partial charge is 0.491 e. The Hall–Kier alpha value is -2.28. The van der Waals surface area contributed by atoms with Gasteiger partial charge < -0.3 is 25.0 Å². The molecule has 0 fully saturated rings. The van der Waals surface area contributed by atoms with E-state index >= 15 is 0 Å². The highest BCUT2D eigenvalue weighted by Crippen LogP contribution is 2.28. The molecule has 3 rings (SSSR count). The van der Waals surface area contributed by atoms with E-state index < -0.39 is 12.1 Å². The monoisotopic (exact) mass is 419 g/mol. The Labute approximate surface area is 175 Å². The van der Waals surface area contributed by atoms with Crippen LogP contribution in [0.25, 0.3) is 0 Å². The van der Waals surface area contributed by atoms with Crippen LogP contribution in [0.3, 0.4) is 0 Å². The molecule has 0 saturated carbocycles. The number of aliphatic hydroxyl groups is 1. The first kappa shape index (κ1) is 21.4. The average molecular weight is 420 g/mol. The van der Waals surface area contributed by atoms with E-state index in [9.17, 15) is 9.90 Å². The zero-order chi connectivity index (χ0) is 20.6. The Morgan fingerprint density at radius 2 is 2.17 bits per heavy atom. The lowest BCUT2D eigenvalue weighted by Gasteiger charge is -2.27. The number of ether oxygens (including phenoxy) is 2. The minimum Gasteiger partial charge on any atom is -0.491 e. The number of hydrogen-bond donors (Lipinski definition) is 3. The molecule has 0 aliphatic carbocycles. The molecular weight excluding hydrogens is 394 g/mol. The van der Waals surface area contributed by atoms with Crippen molar-refractivity contribution in [1.29, 1.82) is 0 Å². The number of carboxylic acids is 1. The second kappa shape index (κ2) is 10.5. The smallest absolute Gasteiger partial charge is 0.303 e. The van der Waals surface area contributed by atoms with Crippen LogP contribution in [-0.2, 0) is 17.6 Å². The van der Waals surface area contributed by atoms with E-state index in [4.69, 9.17) is 26.2 Å². The molecule has 6 nitrogen and oxygen atoms in total. The molecule has 1 aliphatic heterocycles. The first-order chi connectivity index (χ1) is 14.0. The average Bonchev–Trinajstić information content (AvgIpc) is 2.70. The molecule has 0 aromatic heterocycles. The van der Waals surface area contributed by atoms with Crippen LogP contribution in [-0.4, -0.2) is 48.1 Å². The molecule has 0 saturated heterocycles. The Bertz CT molecular complexity index is 829. The van der Waals surface area contributed by atoms with Crippen molar-refractivity contribution >= 4 is 17.6 Å². The molecular formula is C22H26ClNO5. The normalized spacial score (nSPS) is 16.6. The van der Waals surface area contributed by atoms with Crippen molar-refractivity contribution in [3.8, 4) is 11.5 Å². The fourth-order valence-corrected chi connectivity index (χ4v) is 3.45. The van der Waals surface area contributed by atoms with Crippen molar-refractivity contribution in [1.82, 2.24) is 5.32 Å². The number of carbonyl (C=O) groups is 1. The van der Waals surface area contributed by atoms with Gasteiger partial charge in [-0.1, -0.05) is 29.8 Å². The molecule has 0 amide bonds. The Kier molecular flexibility index (Phi) is 7.75. The number of carboxylic acid groups (broad SMARTS) is 1. The summed E-state index contributed by atoms with van der Waals surface area (Å²) in [6, 6.07) is 13.0. The highest BCUT2D eigenvalue weighted by atomic mass is 35.5. The standard InChI is InChI=1S/C22H26ClNO5/c23-17-2-1-3-19(11-17)28-14-18(25)12-24-13-20-7-6-16-10-15(5-9-22(26)27)4-8-21(16)29-20/h1-4,8,10-11,18,20,24-25H,5-7,9,12-14H2,(H,26,27)/t18-,20+/m0/s1. The van der Waals surface area contributed by atoms with E-state index in [1.807, 2.05) is 18.2 Å². The van der Waals surface area contributed by atoms with Gasteiger partial charge in [-0.25, -0.2) is 0 Å². The number of benzene rings is 2. The van der Waals surface area contributed by atoms with Gasteiger partial charge in [-0.3, -0.25) is 4.79 Å². The van der Waals surface area contributed by atoms with Crippen LogP contribution >= 0.6 is 11.6 Å². The van der Waals surface area contributed by atoms with Gasteiger partial charge in [0.1, 0.15) is 30.3 Å². The van der Waals surface area contributed by atoms with Crippen LogP contribution in [0.1, 0.15) is 24.0 Å². The Morgan fingerprint density at radius 1 is 1.31 bits per heavy atom. The number of aryl methyl sites for hydroxylation is 2. The van der Waals surface area contributed by atoms with Gasteiger partial charge in [-0.05, 0) is 54.7 Å². The molecule has 0 unspecified atom stereocenters. The predicted molar refractivity (Wildman–Crippen MR) is 111 cm³/mol. The number of aliphatic hydroxyl groups excluding tert-OH is 1. The second-order valence-corrected chi connectivity index (χ2v) is 7.63. The maximum absolute atomic E-state index is 10.7. The summed E-state index contributed by atoms with van der Waals surface area (Å²) in [6.45, 7) is 1.22. The van der Waals surface area contributed by atoms with Gasteiger partial charge >= 0.3 is 5.97 Å². The maximum atomic E-state index is 10.7. The lowest BCUT2D eigenvalue weighted by Crippen LogP contribution is -2.39. The van der Waals surface area contributed by atoms with Gasteiger partial charge in [-0.15, -0.1) is 0 Å². The molecule has 1 aliphatic rings.